The highest BCUT2D eigenvalue weighted by Gasteiger charge is 2.51. The van der Waals surface area contributed by atoms with Crippen molar-refractivity contribution >= 4 is 45.7 Å². The van der Waals surface area contributed by atoms with Crippen LogP contribution < -0.4 is 9.80 Å². The van der Waals surface area contributed by atoms with Crippen molar-refractivity contribution in [2.24, 2.45) is 0 Å². The van der Waals surface area contributed by atoms with Crippen molar-refractivity contribution in [2.45, 2.75) is 5.41 Å². The highest BCUT2D eigenvalue weighted by Crippen LogP contribution is 2.63. The summed E-state index contributed by atoms with van der Waals surface area (Å²) < 4.78 is 0. The normalized spacial score (nSPS) is 12.9. The second kappa shape index (κ2) is 12.2. The van der Waals surface area contributed by atoms with E-state index in [0.717, 1.165) is 34.1 Å². The Balaban J connectivity index is 1.21. The van der Waals surface area contributed by atoms with E-state index in [4.69, 9.17) is 11.6 Å². The number of hydrogen-bond donors (Lipinski definition) is 0. The zero-order valence-electron chi connectivity index (χ0n) is 28.3. The van der Waals surface area contributed by atoms with Crippen molar-refractivity contribution in [1.29, 1.82) is 0 Å². The maximum Gasteiger partial charge on any atom is 0.0726 e. The molecule has 1 spiro atoms. The molecule has 2 nitrogen and oxygen atoms in total. The maximum atomic E-state index is 6.74. The zero-order valence-corrected chi connectivity index (χ0v) is 29.1. The van der Waals surface area contributed by atoms with Crippen LogP contribution in [-0.2, 0) is 5.41 Å². The first-order chi connectivity index (χ1) is 25.7. The standard InChI is InChI=1S/C49H33ClN2/c50-34-15-13-20-37(31-34)52(39-22-14-21-38(32-39)51(35-16-3-1-4-17-35)36-18-5-2-6-19-36)40-29-30-44-43-25-9-12-28-47(43)49(48(44)33-40)45-26-10-7-23-41(45)42-24-8-11-27-46(42)49/h1-33H. The first-order valence-electron chi connectivity index (χ1n) is 17.7. The predicted octanol–water partition coefficient (Wildman–Crippen LogP) is 13.6. The van der Waals surface area contributed by atoms with Gasteiger partial charge in [0.2, 0.25) is 0 Å². The number of halogens is 1. The summed E-state index contributed by atoms with van der Waals surface area (Å²) in [4.78, 5) is 4.65. The lowest BCUT2D eigenvalue weighted by molar-refractivity contribution is 0.793. The molecule has 0 heterocycles. The van der Waals surface area contributed by atoms with Crippen molar-refractivity contribution < 1.29 is 0 Å². The van der Waals surface area contributed by atoms with Crippen LogP contribution in [0.3, 0.4) is 0 Å². The molecule has 8 aromatic rings. The topological polar surface area (TPSA) is 6.48 Å². The lowest BCUT2D eigenvalue weighted by atomic mass is 9.70. The smallest absolute Gasteiger partial charge is 0.0726 e. The molecule has 0 atom stereocenters. The molecule has 0 saturated carbocycles. The first kappa shape index (κ1) is 30.5. The summed E-state index contributed by atoms with van der Waals surface area (Å²) in [6.07, 6.45) is 0. The van der Waals surface area contributed by atoms with Crippen LogP contribution in [-0.4, -0.2) is 0 Å². The third-order valence-electron chi connectivity index (χ3n) is 10.7. The first-order valence-corrected chi connectivity index (χ1v) is 18.1. The van der Waals surface area contributed by atoms with Crippen LogP contribution in [0.5, 0.6) is 0 Å². The number of rotatable bonds is 6. The Hall–Kier alpha value is -6.35. The van der Waals surface area contributed by atoms with Crippen molar-refractivity contribution in [3.05, 3.63) is 227 Å². The molecule has 0 unspecified atom stereocenters. The molecular formula is C49H33ClN2. The molecule has 10 rings (SSSR count). The molecule has 0 radical (unpaired) electrons. The highest BCUT2D eigenvalue weighted by molar-refractivity contribution is 6.30. The summed E-state index contributed by atoms with van der Waals surface area (Å²) in [5, 5.41) is 0.692. The molecule has 0 aliphatic heterocycles. The third-order valence-corrected chi connectivity index (χ3v) is 10.9. The van der Waals surface area contributed by atoms with E-state index in [1.165, 1.54) is 44.5 Å². The number of fused-ring (bicyclic) bond motifs is 10. The predicted molar refractivity (Wildman–Crippen MR) is 217 cm³/mol. The van der Waals surface area contributed by atoms with E-state index in [9.17, 15) is 0 Å². The van der Waals surface area contributed by atoms with Crippen LogP contribution in [0.4, 0.5) is 34.1 Å². The van der Waals surface area contributed by atoms with E-state index in [1.807, 2.05) is 12.1 Å². The molecule has 0 saturated heterocycles. The number of anilines is 6. The van der Waals surface area contributed by atoms with Crippen LogP contribution in [0.25, 0.3) is 22.3 Å². The Kier molecular flexibility index (Phi) is 7.12. The van der Waals surface area contributed by atoms with Gasteiger partial charge in [-0.25, -0.2) is 0 Å². The van der Waals surface area contributed by atoms with Gasteiger partial charge in [-0.2, -0.15) is 0 Å². The van der Waals surface area contributed by atoms with E-state index in [1.54, 1.807) is 0 Å². The Bertz CT molecular complexity index is 2510. The average molecular weight is 685 g/mol. The van der Waals surface area contributed by atoms with E-state index in [2.05, 4.69) is 198 Å². The maximum absolute atomic E-state index is 6.74. The van der Waals surface area contributed by atoms with Gasteiger partial charge in [0.25, 0.3) is 0 Å². The van der Waals surface area contributed by atoms with Gasteiger partial charge in [-0.1, -0.05) is 139 Å². The van der Waals surface area contributed by atoms with E-state index < -0.39 is 5.41 Å². The van der Waals surface area contributed by atoms with Gasteiger partial charge in [-0.3, -0.25) is 0 Å². The Morgan fingerprint density at radius 3 is 1.19 bits per heavy atom. The third kappa shape index (κ3) is 4.58. The summed E-state index contributed by atoms with van der Waals surface area (Å²) in [5.41, 5.74) is 16.3. The Labute approximate surface area is 309 Å². The van der Waals surface area contributed by atoms with E-state index >= 15 is 0 Å². The number of nitrogens with zero attached hydrogens (tertiary/aromatic N) is 2. The Morgan fingerprint density at radius 1 is 0.288 bits per heavy atom. The van der Waals surface area contributed by atoms with Gasteiger partial charge in [-0.15, -0.1) is 0 Å². The molecule has 0 fully saturated rings. The molecule has 0 bridgehead atoms. The Morgan fingerprint density at radius 2 is 0.673 bits per heavy atom. The van der Waals surface area contributed by atoms with Gasteiger partial charge in [0, 0.05) is 39.1 Å². The highest BCUT2D eigenvalue weighted by atomic mass is 35.5. The second-order valence-electron chi connectivity index (χ2n) is 13.5. The van der Waals surface area contributed by atoms with Crippen LogP contribution in [0.1, 0.15) is 22.3 Å². The molecule has 52 heavy (non-hydrogen) atoms. The van der Waals surface area contributed by atoms with Gasteiger partial charge in [0.1, 0.15) is 0 Å². The number of hydrogen-bond acceptors (Lipinski definition) is 2. The molecule has 0 aromatic heterocycles. The van der Waals surface area contributed by atoms with E-state index in [-0.39, 0.29) is 0 Å². The van der Waals surface area contributed by atoms with Gasteiger partial charge < -0.3 is 9.80 Å². The summed E-state index contributed by atoms with van der Waals surface area (Å²) in [6, 6.07) is 71.9. The van der Waals surface area contributed by atoms with Gasteiger partial charge in [-0.05, 0) is 117 Å². The number of benzene rings is 8. The quantitative estimate of drug-likeness (QED) is 0.172. The van der Waals surface area contributed by atoms with Crippen LogP contribution >= 0.6 is 11.6 Å². The van der Waals surface area contributed by atoms with Crippen molar-refractivity contribution in [2.75, 3.05) is 9.80 Å². The summed E-state index contributed by atoms with van der Waals surface area (Å²) in [7, 11) is 0. The minimum absolute atomic E-state index is 0.436. The lowest BCUT2D eigenvalue weighted by Crippen LogP contribution is -2.26. The van der Waals surface area contributed by atoms with Crippen LogP contribution in [0.2, 0.25) is 5.02 Å². The minimum Gasteiger partial charge on any atom is -0.310 e. The van der Waals surface area contributed by atoms with Crippen LogP contribution in [0, 0.1) is 0 Å². The SMILES string of the molecule is Clc1cccc(N(c2cccc(N(c3ccccc3)c3ccccc3)c2)c2ccc3c(c2)C2(c4ccccc4-c4ccccc42)c2ccccc2-3)c1. The molecule has 2 aliphatic carbocycles. The molecule has 0 amide bonds. The summed E-state index contributed by atoms with van der Waals surface area (Å²) in [5.74, 6) is 0. The fraction of sp³-hybridized carbons (Fsp3) is 0.0204. The van der Waals surface area contributed by atoms with Crippen molar-refractivity contribution in [1.82, 2.24) is 0 Å². The molecule has 0 N–H and O–H groups in total. The molecule has 2 aliphatic rings. The lowest BCUT2D eigenvalue weighted by Gasteiger charge is -2.32. The van der Waals surface area contributed by atoms with Crippen molar-refractivity contribution in [3.63, 3.8) is 0 Å². The average Bonchev–Trinajstić information content (AvgIpc) is 3.66. The fourth-order valence-corrected chi connectivity index (χ4v) is 8.84. The molecule has 3 heteroatoms. The van der Waals surface area contributed by atoms with Crippen molar-refractivity contribution in [3.8, 4) is 22.3 Å². The zero-order chi connectivity index (χ0) is 34.6. The summed E-state index contributed by atoms with van der Waals surface area (Å²) in [6.45, 7) is 0. The largest absolute Gasteiger partial charge is 0.310 e. The summed E-state index contributed by atoms with van der Waals surface area (Å²) >= 11 is 6.74. The van der Waals surface area contributed by atoms with Gasteiger partial charge in [0.15, 0.2) is 0 Å². The second-order valence-corrected chi connectivity index (χ2v) is 13.9. The number of para-hydroxylation sites is 2. The van der Waals surface area contributed by atoms with E-state index in [0.29, 0.717) is 5.02 Å². The molecule has 246 valence electrons. The van der Waals surface area contributed by atoms with Crippen LogP contribution in [0.15, 0.2) is 200 Å². The molecule has 8 aromatic carbocycles. The fourth-order valence-electron chi connectivity index (χ4n) is 8.66. The van der Waals surface area contributed by atoms with Gasteiger partial charge >= 0.3 is 0 Å². The van der Waals surface area contributed by atoms with Gasteiger partial charge in [0.05, 0.1) is 5.41 Å². The monoisotopic (exact) mass is 684 g/mol. The minimum atomic E-state index is -0.436. The molecular weight excluding hydrogens is 652 g/mol.